The fourth-order valence-corrected chi connectivity index (χ4v) is 1.07. The molecule has 0 amide bonds. The van der Waals surface area contributed by atoms with Gasteiger partial charge in [-0.3, -0.25) is 0 Å². The molecule has 2 N–H and O–H groups in total. The highest BCUT2D eigenvalue weighted by atomic mass is 14.5. The highest BCUT2D eigenvalue weighted by molar-refractivity contribution is 5.56. The smallest absolute Gasteiger partial charge is 0.0830 e. The monoisotopic (exact) mass is 171 g/mol. The molecule has 0 aliphatic carbocycles. The molecule has 0 aliphatic rings. The molecule has 0 saturated heterocycles. The maximum Gasteiger partial charge on any atom is 0.0830 e. The Morgan fingerprint density at radius 3 is 2.54 bits per heavy atom. The molecule has 1 aromatic rings. The number of nitrogens with two attached hydrogens (primary N) is 1. The van der Waals surface area contributed by atoms with Crippen LogP contribution in [0.25, 0.3) is 6.08 Å². The Morgan fingerprint density at radius 2 is 2.08 bits per heavy atom. The molecule has 13 heavy (non-hydrogen) atoms. The summed E-state index contributed by atoms with van der Waals surface area (Å²) in [4.78, 5) is 0. The maximum atomic E-state index is 5.50. The molecule has 1 aromatic carbocycles. The second-order valence-corrected chi connectivity index (χ2v) is 2.84. The van der Waals surface area contributed by atoms with E-state index in [1.807, 2.05) is 12.1 Å². The molecule has 0 heterocycles. The van der Waals surface area contributed by atoms with Gasteiger partial charge >= 0.3 is 0 Å². The van der Waals surface area contributed by atoms with E-state index < -0.39 is 0 Å². The first-order valence-corrected chi connectivity index (χ1v) is 4.29. The minimum absolute atomic E-state index is 0.462. The summed E-state index contributed by atoms with van der Waals surface area (Å²) in [6, 6.07) is 8.19. The van der Waals surface area contributed by atoms with Gasteiger partial charge in [0.25, 0.3) is 0 Å². The number of hydrogen-bond donors (Lipinski definition) is 1. The van der Waals surface area contributed by atoms with Crippen LogP contribution in [0, 0.1) is 12.3 Å². The molecule has 0 unspecified atom stereocenters. The van der Waals surface area contributed by atoms with Crippen molar-refractivity contribution in [3.05, 3.63) is 41.1 Å². The van der Waals surface area contributed by atoms with Crippen molar-refractivity contribution in [1.29, 1.82) is 0 Å². The van der Waals surface area contributed by atoms with Crippen molar-refractivity contribution in [2.45, 2.75) is 13.3 Å². The Balaban J connectivity index is 2.88. The van der Waals surface area contributed by atoms with E-state index in [0.29, 0.717) is 5.70 Å². The highest BCUT2D eigenvalue weighted by Crippen LogP contribution is 2.07. The summed E-state index contributed by atoms with van der Waals surface area (Å²) in [6.45, 7) is 2.13. The average Bonchev–Trinajstić information content (AvgIpc) is 2.19. The largest absolute Gasteiger partial charge is 0.392 e. The van der Waals surface area contributed by atoms with Gasteiger partial charge in [0.1, 0.15) is 0 Å². The zero-order valence-corrected chi connectivity index (χ0v) is 7.75. The summed E-state index contributed by atoms with van der Waals surface area (Å²) in [5.74, 6) is 2.38. The number of aryl methyl sites for hydroxylation is 1. The standard InChI is InChI=1S/C12H13N/c1-3-10-5-7-11(8-6-10)9-12(13)4-2/h2,5-9H,3,13H2,1H3/b12-9+. The third-order valence-electron chi connectivity index (χ3n) is 1.88. The van der Waals surface area contributed by atoms with Crippen molar-refractivity contribution in [3.8, 4) is 12.3 Å². The second kappa shape index (κ2) is 4.37. The zero-order valence-electron chi connectivity index (χ0n) is 7.75. The quantitative estimate of drug-likeness (QED) is 0.678. The van der Waals surface area contributed by atoms with Gasteiger partial charge in [0.15, 0.2) is 0 Å². The van der Waals surface area contributed by atoms with Crippen LogP contribution in [0.1, 0.15) is 18.1 Å². The first-order chi connectivity index (χ1) is 6.26. The zero-order chi connectivity index (χ0) is 9.68. The summed E-state index contributed by atoms with van der Waals surface area (Å²) < 4.78 is 0. The van der Waals surface area contributed by atoms with E-state index >= 15 is 0 Å². The Kier molecular flexibility index (Phi) is 3.16. The Morgan fingerprint density at radius 1 is 1.46 bits per heavy atom. The lowest BCUT2D eigenvalue weighted by atomic mass is 10.1. The highest BCUT2D eigenvalue weighted by Gasteiger charge is 1.90. The van der Waals surface area contributed by atoms with E-state index in [-0.39, 0.29) is 0 Å². The molecule has 0 aromatic heterocycles. The van der Waals surface area contributed by atoms with Gasteiger partial charge in [0.2, 0.25) is 0 Å². The molecule has 0 bridgehead atoms. The summed E-state index contributed by atoms with van der Waals surface area (Å²) in [5, 5.41) is 0. The topological polar surface area (TPSA) is 26.0 Å². The van der Waals surface area contributed by atoms with Crippen LogP contribution in [0.4, 0.5) is 0 Å². The molecule has 0 radical (unpaired) electrons. The van der Waals surface area contributed by atoms with E-state index in [4.69, 9.17) is 12.2 Å². The lowest BCUT2D eigenvalue weighted by molar-refractivity contribution is 1.14. The summed E-state index contributed by atoms with van der Waals surface area (Å²) in [5.41, 5.74) is 8.33. The van der Waals surface area contributed by atoms with Gasteiger partial charge in [0.05, 0.1) is 5.70 Å². The molecule has 0 aliphatic heterocycles. The summed E-state index contributed by atoms with van der Waals surface area (Å²) >= 11 is 0. The summed E-state index contributed by atoms with van der Waals surface area (Å²) in [7, 11) is 0. The first-order valence-electron chi connectivity index (χ1n) is 4.29. The SMILES string of the molecule is C#C/C(N)=C\c1ccc(CC)cc1. The summed E-state index contributed by atoms with van der Waals surface area (Å²) in [6.07, 6.45) is 7.97. The maximum absolute atomic E-state index is 5.50. The number of terminal acetylenes is 1. The Labute approximate surface area is 79.3 Å². The molecule has 1 heteroatoms. The lowest BCUT2D eigenvalue weighted by Crippen LogP contribution is -1.92. The molecule has 1 rings (SSSR count). The van der Waals surface area contributed by atoms with Crippen LogP contribution < -0.4 is 5.73 Å². The third-order valence-corrected chi connectivity index (χ3v) is 1.88. The first kappa shape index (κ1) is 9.41. The van der Waals surface area contributed by atoms with Crippen LogP contribution in [0.2, 0.25) is 0 Å². The van der Waals surface area contributed by atoms with Gasteiger partial charge < -0.3 is 5.73 Å². The normalized spacial score (nSPS) is 10.9. The molecule has 0 atom stereocenters. The van der Waals surface area contributed by atoms with Crippen LogP contribution in [-0.2, 0) is 6.42 Å². The van der Waals surface area contributed by atoms with Crippen molar-refractivity contribution in [2.24, 2.45) is 5.73 Å². The van der Waals surface area contributed by atoms with Crippen LogP contribution in [0.15, 0.2) is 30.0 Å². The average molecular weight is 171 g/mol. The van der Waals surface area contributed by atoms with Crippen LogP contribution in [0.5, 0.6) is 0 Å². The van der Waals surface area contributed by atoms with Crippen LogP contribution >= 0.6 is 0 Å². The Hall–Kier alpha value is -1.68. The molecule has 0 spiro atoms. The van der Waals surface area contributed by atoms with E-state index in [2.05, 4.69) is 25.0 Å². The third kappa shape index (κ3) is 2.68. The van der Waals surface area contributed by atoms with E-state index in [9.17, 15) is 0 Å². The van der Waals surface area contributed by atoms with Gasteiger partial charge in [-0.2, -0.15) is 0 Å². The number of allylic oxidation sites excluding steroid dienone is 1. The minimum Gasteiger partial charge on any atom is -0.392 e. The fraction of sp³-hybridized carbons (Fsp3) is 0.167. The lowest BCUT2D eigenvalue weighted by Gasteiger charge is -1.97. The fourth-order valence-electron chi connectivity index (χ4n) is 1.07. The minimum atomic E-state index is 0.462. The van der Waals surface area contributed by atoms with Gasteiger partial charge in [-0.15, -0.1) is 6.42 Å². The van der Waals surface area contributed by atoms with E-state index in [0.717, 1.165) is 12.0 Å². The van der Waals surface area contributed by atoms with Gasteiger partial charge in [-0.1, -0.05) is 37.1 Å². The van der Waals surface area contributed by atoms with Gasteiger partial charge in [0, 0.05) is 0 Å². The van der Waals surface area contributed by atoms with Crippen molar-refractivity contribution in [2.75, 3.05) is 0 Å². The molecule has 0 fully saturated rings. The number of rotatable bonds is 2. The van der Waals surface area contributed by atoms with Gasteiger partial charge in [-0.05, 0) is 23.6 Å². The number of hydrogen-bond acceptors (Lipinski definition) is 1. The van der Waals surface area contributed by atoms with E-state index in [1.54, 1.807) is 6.08 Å². The number of benzene rings is 1. The molecule has 1 nitrogen and oxygen atoms in total. The van der Waals surface area contributed by atoms with E-state index in [1.165, 1.54) is 5.56 Å². The van der Waals surface area contributed by atoms with Crippen LogP contribution in [-0.4, -0.2) is 0 Å². The second-order valence-electron chi connectivity index (χ2n) is 2.84. The molecule has 0 saturated carbocycles. The molecular weight excluding hydrogens is 158 g/mol. The van der Waals surface area contributed by atoms with Crippen LogP contribution in [0.3, 0.4) is 0 Å². The predicted molar refractivity (Wildman–Crippen MR) is 56.8 cm³/mol. The predicted octanol–water partition coefficient (Wildman–Crippen LogP) is 2.18. The van der Waals surface area contributed by atoms with Crippen molar-refractivity contribution >= 4 is 6.08 Å². The van der Waals surface area contributed by atoms with Crippen molar-refractivity contribution in [1.82, 2.24) is 0 Å². The van der Waals surface area contributed by atoms with Crippen molar-refractivity contribution < 1.29 is 0 Å². The van der Waals surface area contributed by atoms with Crippen molar-refractivity contribution in [3.63, 3.8) is 0 Å². The molecule has 66 valence electrons. The Bertz CT molecular complexity index is 338. The van der Waals surface area contributed by atoms with Gasteiger partial charge in [-0.25, -0.2) is 0 Å². The molecular formula is C12H13N.